The molecule has 0 aliphatic carbocycles. The first kappa shape index (κ1) is 123. The Balaban J connectivity index is 0.000000836. The van der Waals surface area contributed by atoms with Crippen LogP contribution < -0.4 is 136 Å². The first-order valence-corrected chi connectivity index (χ1v) is 43.6. The zero-order chi connectivity index (χ0) is 103. The summed E-state index contributed by atoms with van der Waals surface area (Å²) in [5, 5.41) is 46.9. The van der Waals surface area contributed by atoms with Crippen LogP contribution in [0.4, 0.5) is 13.2 Å². The van der Waals surface area contributed by atoms with E-state index in [1.807, 2.05) is 203 Å². The van der Waals surface area contributed by atoms with Gasteiger partial charge in [-0.2, -0.15) is 0 Å². The number of carboxylic acid groups (broad SMARTS) is 1. The van der Waals surface area contributed by atoms with Gasteiger partial charge in [0.1, 0.15) is 137 Å². The van der Waals surface area contributed by atoms with E-state index in [0.29, 0.717) is 128 Å². The Labute approximate surface area is 918 Å². The SMILES string of the molecule is C=C(F)CCl.C=C(F)COc1cc(OCc2ccccc2)ccc1C=O.C=C(F)Cc1c(OCc2ccccc2)ccc(C=O)c1O.C=CC(=O)OCC.CCOC(=O)/C=C/c1ccc(OCc2ccccc2)c2cc(C)oc12.CCOC(=O)CCc1ccc(O)c2cc(C)oc12.Cc1cc2c(OCc3ccccc3)ccc(C=O)c2o1.O=CO.O=CO[O-].O=Cc1ccc(OCc2ccccc2)cc1O.[H-].[HH].[K+].[K+]. The van der Waals surface area contributed by atoms with Crippen molar-refractivity contribution < 1.29 is 248 Å². The molecule has 14 rings (SSSR count). The number of aldehydes is 4. The van der Waals surface area contributed by atoms with Gasteiger partial charge < -0.3 is 87.9 Å². The Morgan fingerprint density at radius 3 is 1.21 bits per heavy atom. The van der Waals surface area contributed by atoms with Crippen molar-refractivity contribution in [3.05, 3.63) is 395 Å². The molecule has 0 unspecified atom stereocenters. The van der Waals surface area contributed by atoms with E-state index in [-0.39, 0.29) is 202 Å². The molecule has 0 saturated heterocycles. The van der Waals surface area contributed by atoms with Crippen LogP contribution in [0.1, 0.15) is 133 Å². The van der Waals surface area contributed by atoms with Gasteiger partial charge in [-0.05, 0) is 172 Å². The van der Waals surface area contributed by atoms with Crippen molar-refractivity contribution >= 4 is 107 Å². The topological polar surface area (TPSA) is 389 Å². The summed E-state index contributed by atoms with van der Waals surface area (Å²) in [6.07, 6.45) is 7.47. The summed E-state index contributed by atoms with van der Waals surface area (Å²) in [5.41, 5.74) is 10.3. The average molecular weight is 2030 g/mol. The maximum atomic E-state index is 13.1. The van der Waals surface area contributed by atoms with E-state index in [1.54, 1.807) is 81.4 Å². The molecule has 0 saturated carbocycles. The van der Waals surface area contributed by atoms with E-state index in [2.05, 4.69) is 35.9 Å². The van der Waals surface area contributed by atoms with Gasteiger partial charge in [0.2, 0.25) is 0 Å². The summed E-state index contributed by atoms with van der Waals surface area (Å²) in [6.45, 7) is 25.8. The largest absolute Gasteiger partial charge is 1.00 e. The fourth-order valence-electron chi connectivity index (χ4n) is 12.1. The molecule has 14 aromatic rings. The molecule has 4 N–H and O–H groups in total. The number of esters is 3. The summed E-state index contributed by atoms with van der Waals surface area (Å²) in [5.74, 6) is 2.59. The van der Waals surface area contributed by atoms with Gasteiger partial charge in [-0.1, -0.05) is 184 Å². The van der Waals surface area contributed by atoms with Gasteiger partial charge in [0.25, 0.3) is 12.9 Å². The number of carbonyl (C=O) groups excluding carboxylic acids is 8. The maximum absolute atomic E-state index is 13.1. The number of alkyl halides is 1. The van der Waals surface area contributed by atoms with E-state index >= 15 is 0 Å². The molecule has 0 amide bonds. The number of allylic oxidation sites excluding steroid dienone is 2. The average Bonchev–Trinajstić information content (AvgIpc) is 1.62. The van der Waals surface area contributed by atoms with Crippen LogP contribution in [-0.2, 0) is 88.9 Å². The second-order valence-electron chi connectivity index (χ2n) is 28.9. The van der Waals surface area contributed by atoms with Crippen LogP contribution in [-0.4, -0.2) is 109 Å². The zero-order valence-corrected chi connectivity index (χ0v) is 87.2. The van der Waals surface area contributed by atoms with Crippen molar-refractivity contribution in [2.75, 3.05) is 32.3 Å². The molecule has 0 aliphatic rings. The van der Waals surface area contributed by atoms with E-state index in [1.165, 1.54) is 24.3 Å². The fraction of sp³-hybridized carbons (Fsp3) is 0.173. The molecule has 0 bridgehead atoms. The third-order valence-corrected chi connectivity index (χ3v) is 18.7. The van der Waals surface area contributed by atoms with Crippen molar-refractivity contribution in [2.24, 2.45) is 0 Å². The molecule has 3 heterocycles. The molecule has 33 heteroatoms. The Bertz CT molecular complexity index is 6370. The fourth-order valence-corrected chi connectivity index (χ4v) is 12.1. The maximum Gasteiger partial charge on any atom is 1.00 e. The van der Waals surface area contributed by atoms with Gasteiger partial charge in [-0.15, -0.1) is 11.6 Å². The number of carbonyl (C=O) groups is 9. The van der Waals surface area contributed by atoms with Crippen LogP contribution in [0, 0.1) is 20.8 Å². The molecular formula is C110H110ClF3K2O27. The van der Waals surface area contributed by atoms with Crippen molar-refractivity contribution in [3.8, 4) is 51.7 Å². The van der Waals surface area contributed by atoms with Crippen LogP contribution in [0.25, 0.3) is 39.0 Å². The number of furan rings is 3. The molecule has 0 fully saturated rings. The van der Waals surface area contributed by atoms with Gasteiger partial charge in [0.05, 0.1) is 69.9 Å². The molecule has 143 heavy (non-hydrogen) atoms. The molecule has 742 valence electrons. The second-order valence-corrected chi connectivity index (χ2v) is 29.2. The number of phenolic OH excluding ortho intramolecular Hbond substituents is 3. The predicted molar refractivity (Wildman–Crippen MR) is 530 cm³/mol. The monoisotopic (exact) mass is 2030 g/mol. The van der Waals surface area contributed by atoms with Gasteiger partial charge in [-0.25, -0.2) is 22.8 Å². The minimum atomic E-state index is -0.613. The number of rotatable bonds is 35. The Morgan fingerprint density at radius 2 is 0.811 bits per heavy atom. The van der Waals surface area contributed by atoms with Crippen molar-refractivity contribution in [1.82, 2.24) is 0 Å². The normalized spacial score (nSPS) is 9.78. The first-order chi connectivity index (χ1) is 68.1. The molecule has 0 atom stereocenters. The minimum absolute atomic E-state index is 0. The Hall–Kier alpha value is -13.7. The Kier molecular flexibility index (Phi) is 61.2. The number of ether oxygens (including phenoxy) is 9. The summed E-state index contributed by atoms with van der Waals surface area (Å²) in [7, 11) is 0. The molecule has 27 nitrogen and oxygen atoms in total. The number of aryl methyl sites for hydroxylation is 4. The van der Waals surface area contributed by atoms with E-state index < -0.39 is 17.5 Å². The van der Waals surface area contributed by atoms with Gasteiger partial charge in [0.15, 0.2) is 25.1 Å². The predicted octanol–water partition coefficient (Wildman–Crippen LogP) is 17.5. The van der Waals surface area contributed by atoms with Crippen LogP contribution >= 0.6 is 11.6 Å². The number of aromatic hydroxyl groups is 3. The molecule has 0 aliphatic heterocycles. The van der Waals surface area contributed by atoms with E-state index in [0.717, 1.165) is 90.9 Å². The van der Waals surface area contributed by atoms with E-state index in [4.69, 9.17) is 82.7 Å². The number of hydrogen-bond donors (Lipinski definition) is 4. The van der Waals surface area contributed by atoms with Gasteiger partial charge >= 0.3 is 121 Å². The molecule has 11 aromatic carbocycles. The standard InChI is InChI=1S/C21H20O4.2C17H15FO3.C17H14O3.C14H16O4.C14H12O3.C5H8O2.C3H4ClF.CH2O3.CH2O2.2K.H2.H/c1-3-23-20(22)12-10-17-9-11-19(18-13-15(2)25-21(17)18)24-14-16-7-5-4-6-8-16;1-13(18)11-21-17-9-16(8-7-15(17)10-19)20-12-14-5-3-2-4-6-14;1-12(18)9-15-16(8-7-14(10-19)17(15)20)21-11-13-5-3-2-4-6-13;1-12-9-15-16(8-7-14(10-18)17(15)20-12)19-11-13-5-3-2-4-6-13;1-3-17-13(16)7-5-10-4-6-12(15)11-8-9(2)18-14(10)11;15-9-12-6-7-13(8-14(12)16)17-10-11-4-2-1-3-5-11;1-3-5(6)7-4-2;1-3(5)2-4;2-1-4-3;2-1-3;;;;/h4-13H,3,14H2,1-2H3;2-10H,1,11-12H2;2-8,10,20H,1,9,11H2;2-10H,11H2,1H3;4,6,8,15H,3,5,7H2,1-2H3;1-9,16H,10H2;3H,1,4H2,2H3;1-2H2;1,3H;1H,(H,2,3);;;1H;/q;;;;;;;;;;2*+1;;-1/p-1/b12-10+;;;;;;;;;;;;;. The number of fused-ring (bicyclic) bond motifs is 3. The summed E-state index contributed by atoms with van der Waals surface area (Å²) in [4.78, 5) is 95.8. The second kappa shape index (κ2) is 70.8. The number of halogens is 4. The zero-order valence-electron chi connectivity index (χ0n) is 81.2. The van der Waals surface area contributed by atoms with Crippen LogP contribution in [0.2, 0.25) is 0 Å². The van der Waals surface area contributed by atoms with Crippen molar-refractivity contribution in [3.63, 3.8) is 0 Å². The quantitative estimate of drug-likeness (QED) is 0.00419. The van der Waals surface area contributed by atoms with Gasteiger partial charge in [-0.3, -0.25) is 33.6 Å². The van der Waals surface area contributed by atoms with Gasteiger partial charge in [0, 0.05) is 49.7 Å². The van der Waals surface area contributed by atoms with Crippen molar-refractivity contribution in [1.29, 1.82) is 0 Å². The van der Waals surface area contributed by atoms with E-state index in [9.17, 15) is 62.1 Å². The van der Waals surface area contributed by atoms with Crippen LogP contribution in [0.5, 0.6) is 51.7 Å². The number of benzene rings is 11. The Morgan fingerprint density at radius 1 is 0.434 bits per heavy atom. The third kappa shape index (κ3) is 46.3. The summed E-state index contributed by atoms with van der Waals surface area (Å²) in [6, 6.07) is 77.6. The smallest absolute Gasteiger partial charge is 1.00 e. The third-order valence-electron chi connectivity index (χ3n) is 18.4. The van der Waals surface area contributed by atoms with Crippen molar-refractivity contribution in [2.45, 2.75) is 93.8 Å². The number of hydrogen-bond acceptors (Lipinski definition) is 26. The molecular weight excluding hydrogens is 1920 g/mol. The first-order valence-electron chi connectivity index (χ1n) is 43.1. The summed E-state index contributed by atoms with van der Waals surface area (Å²) < 4.78 is 102. The molecule has 3 aromatic heterocycles. The van der Waals surface area contributed by atoms with Crippen LogP contribution in [0.15, 0.2) is 324 Å². The summed E-state index contributed by atoms with van der Waals surface area (Å²) >= 11 is 4.86. The molecule has 0 radical (unpaired) electrons. The molecule has 0 spiro atoms. The number of phenols is 3. The van der Waals surface area contributed by atoms with Crippen LogP contribution in [0.3, 0.4) is 0 Å². The minimum Gasteiger partial charge on any atom is -1.00 e.